The van der Waals surface area contributed by atoms with Crippen molar-refractivity contribution in [3.63, 3.8) is 0 Å². The number of alkyl carbamates (subject to hydrolysis) is 1. The quantitative estimate of drug-likeness (QED) is 0.736. The Labute approximate surface area is 83.1 Å². The number of nitrogens with one attached hydrogen (secondary N) is 1. The lowest BCUT2D eigenvalue weighted by molar-refractivity contribution is 0.173. The maximum absolute atomic E-state index is 11.0. The molecule has 0 aromatic heterocycles. The second-order valence-corrected chi connectivity index (χ2v) is 3.85. The highest BCUT2D eigenvalue weighted by Crippen LogP contribution is 2.27. The van der Waals surface area contributed by atoms with Crippen molar-refractivity contribution in [3.05, 3.63) is 35.4 Å². The van der Waals surface area contributed by atoms with E-state index in [1.54, 1.807) is 0 Å². The molecule has 1 aromatic rings. The van der Waals surface area contributed by atoms with Gasteiger partial charge in [0.05, 0.1) is 0 Å². The van der Waals surface area contributed by atoms with Crippen LogP contribution in [-0.4, -0.2) is 12.7 Å². The molecule has 0 spiro atoms. The number of ether oxygens (including phenoxy) is 1. The van der Waals surface area contributed by atoms with Gasteiger partial charge in [-0.3, -0.25) is 0 Å². The Morgan fingerprint density at radius 3 is 2.71 bits per heavy atom. The van der Waals surface area contributed by atoms with Crippen LogP contribution in [0.4, 0.5) is 4.79 Å². The second-order valence-electron chi connectivity index (χ2n) is 3.85. The number of aryl methyl sites for hydroxylation is 1. The molecule has 0 saturated carbocycles. The molecule has 1 atom stereocenters. The smallest absolute Gasteiger partial charge is 0.408 e. The van der Waals surface area contributed by atoms with Gasteiger partial charge in [0.2, 0.25) is 0 Å². The van der Waals surface area contributed by atoms with E-state index in [9.17, 15) is 4.79 Å². The van der Waals surface area contributed by atoms with E-state index in [1.165, 1.54) is 5.56 Å². The third-order valence-electron chi connectivity index (χ3n) is 2.61. The summed E-state index contributed by atoms with van der Waals surface area (Å²) in [6, 6.07) is 8.01. The van der Waals surface area contributed by atoms with Gasteiger partial charge in [-0.25, -0.2) is 4.79 Å². The summed E-state index contributed by atoms with van der Waals surface area (Å²) >= 11 is 0. The van der Waals surface area contributed by atoms with E-state index in [1.807, 2.05) is 38.1 Å². The summed E-state index contributed by atoms with van der Waals surface area (Å²) in [4.78, 5) is 11.0. The largest absolute Gasteiger partial charge is 0.447 e. The molecular weight excluding hydrogens is 178 g/mol. The molecule has 1 N–H and O–H groups in total. The average Bonchev–Trinajstić information content (AvgIpc) is 2.48. The van der Waals surface area contributed by atoms with Crippen LogP contribution in [-0.2, 0) is 10.3 Å². The molecule has 3 nitrogen and oxygen atoms in total. The summed E-state index contributed by atoms with van der Waals surface area (Å²) in [7, 11) is 0. The Balaban J connectivity index is 2.40. The maximum Gasteiger partial charge on any atom is 0.408 e. The molecule has 1 saturated heterocycles. The minimum atomic E-state index is -0.373. The van der Waals surface area contributed by atoms with Crippen LogP contribution in [0.25, 0.3) is 0 Å². The van der Waals surface area contributed by atoms with E-state index in [2.05, 4.69) is 5.32 Å². The fourth-order valence-corrected chi connectivity index (χ4v) is 1.84. The molecule has 14 heavy (non-hydrogen) atoms. The fraction of sp³-hybridized carbons (Fsp3) is 0.364. The predicted octanol–water partition coefficient (Wildman–Crippen LogP) is 1.95. The van der Waals surface area contributed by atoms with Crippen molar-refractivity contribution in [2.75, 3.05) is 6.61 Å². The van der Waals surface area contributed by atoms with E-state index >= 15 is 0 Å². The first kappa shape index (κ1) is 9.06. The Kier molecular flexibility index (Phi) is 1.95. The molecule has 0 radical (unpaired) electrons. The molecule has 2 rings (SSSR count). The van der Waals surface area contributed by atoms with Crippen LogP contribution in [0, 0.1) is 6.92 Å². The third-order valence-corrected chi connectivity index (χ3v) is 2.61. The van der Waals surface area contributed by atoms with Crippen molar-refractivity contribution in [2.24, 2.45) is 0 Å². The van der Waals surface area contributed by atoms with Crippen molar-refractivity contribution >= 4 is 6.09 Å². The fourth-order valence-electron chi connectivity index (χ4n) is 1.84. The lowest BCUT2D eigenvalue weighted by atomic mass is 9.90. The number of hydrogen-bond acceptors (Lipinski definition) is 2. The number of amides is 1. The van der Waals surface area contributed by atoms with Crippen LogP contribution in [0.15, 0.2) is 24.3 Å². The summed E-state index contributed by atoms with van der Waals surface area (Å²) in [5, 5.41) is 2.83. The molecule has 0 aliphatic carbocycles. The van der Waals surface area contributed by atoms with Gasteiger partial charge in [0.1, 0.15) is 12.1 Å². The molecule has 3 heteroatoms. The first-order valence-electron chi connectivity index (χ1n) is 4.63. The van der Waals surface area contributed by atoms with Gasteiger partial charge < -0.3 is 10.1 Å². The Morgan fingerprint density at radius 2 is 2.14 bits per heavy atom. The van der Waals surface area contributed by atoms with E-state index in [0.29, 0.717) is 6.61 Å². The number of carbonyl (C=O) groups excluding carboxylic acids is 1. The molecule has 1 aliphatic rings. The molecule has 1 aromatic carbocycles. The normalized spacial score (nSPS) is 25.7. The van der Waals surface area contributed by atoms with E-state index < -0.39 is 0 Å². The number of benzene rings is 1. The van der Waals surface area contributed by atoms with Gasteiger partial charge in [0.25, 0.3) is 0 Å². The van der Waals surface area contributed by atoms with Crippen molar-refractivity contribution in [2.45, 2.75) is 19.4 Å². The zero-order chi connectivity index (χ0) is 10.2. The van der Waals surface area contributed by atoms with E-state index in [0.717, 1.165) is 5.56 Å². The van der Waals surface area contributed by atoms with Crippen LogP contribution >= 0.6 is 0 Å². The molecule has 1 aliphatic heterocycles. The summed E-state index contributed by atoms with van der Waals surface area (Å²) in [6.45, 7) is 4.40. The molecule has 1 heterocycles. The summed E-state index contributed by atoms with van der Waals surface area (Å²) in [6.07, 6.45) is -0.337. The molecule has 74 valence electrons. The molecule has 1 amide bonds. The Hall–Kier alpha value is -1.51. The van der Waals surface area contributed by atoms with Crippen LogP contribution in [0.1, 0.15) is 18.1 Å². The highest BCUT2D eigenvalue weighted by Gasteiger charge is 2.37. The van der Waals surface area contributed by atoms with Crippen LogP contribution < -0.4 is 5.32 Å². The van der Waals surface area contributed by atoms with Gasteiger partial charge in [-0.2, -0.15) is 0 Å². The Morgan fingerprint density at radius 1 is 1.43 bits per heavy atom. The van der Waals surface area contributed by atoms with Crippen molar-refractivity contribution < 1.29 is 9.53 Å². The molecule has 1 unspecified atom stereocenters. The molecular formula is C11H13NO2. The minimum Gasteiger partial charge on any atom is -0.447 e. The lowest BCUT2D eigenvalue weighted by Crippen LogP contribution is -2.37. The highest BCUT2D eigenvalue weighted by atomic mass is 16.6. The summed E-state index contributed by atoms with van der Waals surface area (Å²) in [5.41, 5.74) is 1.91. The Bertz CT molecular complexity index is 375. The zero-order valence-electron chi connectivity index (χ0n) is 8.33. The number of carbonyl (C=O) groups is 1. The van der Waals surface area contributed by atoms with Gasteiger partial charge >= 0.3 is 6.09 Å². The monoisotopic (exact) mass is 191 g/mol. The first-order chi connectivity index (χ1) is 6.62. The van der Waals surface area contributed by atoms with Crippen LogP contribution in [0.3, 0.4) is 0 Å². The highest BCUT2D eigenvalue weighted by molar-refractivity contribution is 5.71. The topological polar surface area (TPSA) is 38.3 Å². The number of hydrogen-bond donors (Lipinski definition) is 1. The second kappa shape index (κ2) is 3.01. The molecule has 0 bridgehead atoms. The summed E-state index contributed by atoms with van der Waals surface area (Å²) in [5.74, 6) is 0. The van der Waals surface area contributed by atoms with Crippen molar-refractivity contribution in [3.8, 4) is 0 Å². The lowest BCUT2D eigenvalue weighted by Gasteiger charge is -2.23. The number of rotatable bonds is 1. The van der Waals surface area contributed by atoms with E-state index in [4.69, 9.17) is 4.74 Å². The minimum absolute atomic E-state index is 0.337. The van der Waals surface area contributed by atoms with Gasteiger partial charge in [-0.05, 0) is 25.0 Å². The van der Waals surface area contributed by atoms with Crippen molar-refractivity contribution in [1.29, 1.82) is 0 Å². The maximum atomic E-state index is 11.0. The van der Waals surface area contributed by atoms with Crippen LogP contribution in [0.2, 0.25) is 0 Å². The molecule has 1 fully saturated rings. The van der Waals surface area contributed by atoms with Gasteiger partial charge in [-0.1, -0.05) is 24.3 Å². The van der Waals surface area contributed by atoms with Crippen molar-refractivity contribution in [1.82, 2.24) is 5.32 Å². The SMILES string of the molecule is Cc1ccccc1C1(C)COC(=O)N1. The number of cyclic esters (lactones) is 1. The predicted molar refractivity (Wildman–Crippen MR) is 53.0 cm³/mol. The zero-order valence-corrected chi connectivity index (χ0v) is 8.33. The third kappa shape index (κ3) is 1.35. The average molecular weight is 191 g/mol. The van der Waals surface area contributed by atoms with Gasteiger partial charge in [0.15, 0.2) is 0 Å². The van der Waals surface area contributed by atoms with Gasteiger partial charge in [0, 0.05) is 0 Å². The van der Waals surface area contributed by atoms with Crippen LogP contribution in [0.5, 0.6) is 0 Å². The van der Waals surface area contributed by atoms with Gasteiger partial charge in [-0.15, -0.1) is 0 Å². The summed E-state index contributed by atoms with van der Waals surface area (Å²) < 4.78 is 4.93. The first-order valence-corrected chi connectivity index (χ1v) is 4.63. The van der Waals surface area contributed by atoms with E-state index in [-0.39, 0.29) is 11.6 Å². The standard InChI is InChI=1S/C11H13NO2/c1-8-5-3-4-6-9(8)11(2)7-14-10(13)12-11/h3-6H,7H2,1-2H3,(H,12,13).